The fourth-order valence-corrected chi connectivity index (χ4v) is 5.00. The monoisotopic (exact) mass is 472 g/mol. The van der Waals surface area contributed by atoms with Crippen LogP contribution in [0.25, 0.3) is 11.0 Å². The number of anilines is 1. The van der Waals surface area contributed by atoms with Gasteiger partial charge in [-0.3, -0.25) is 4.79 Å². The number of nitrogens with one attached hydrogen (secondary N) is 1. The summed E-state index contributed by atoms with van der Waals surface area (Å²) in [5.74, 6) is -0.00857. The zero-order valence-corrected chi connectivity index (χ0v) is 19.8. The number of sulfonamides is 1. The summed E-state index contributed by atoms with van der Waals surface area (Å²) in [4.78, 5) is 24.3. The number of hydrogen-bond donors (Lipinski definition) is 1. The van der Waals surface area contributed by atoms with Crippen molar-refractivity contribution in [3.63, 3.8) is 0 Å². The number of aryl methyl sites for hydroxylation is 1. The zero-order chi connectivity index (χ0) is 24.0. The van der Waals surface area contributed by atoms with E-state index < -0.39 is 21.6 Å². The van der Waals surface area contributed by atoms with E-state index in [4.69, 9.17) is 9.15 Å². The smallest absolute Gasteiger partial charge is 0.336 e. The van der Waals surface area contributed by atoms with Crippen molar-refractivity contribution >= 4 is 32.6 Å². The minimum absolute atomic E-state index is 0.167. The van der Waals surface area contributed by atoms with Gasteiger partial charge in [-0.2, -0.15) is 4.31 Å². The molecule has 2 aromatic carbocycles. The van der Waals surface area contributed by atoms with Crippen molar-refractivity contribution < 1.29 is 22.4 Å². The van der Waals surface area contributed by atoms with Gasteiger partial charge in [-0.25, -0.2) is 13.2 Å². The maximum absolute atomic E-state index is 12.6. The molecule has 0 aliphatic rings. The molecule has 33 heavy (non-hydrogen) atoms. The summed E-state index contributed by atoms with van der Waals surface area (Å²) >= 11 is 0. The maximum atomic E-state index is 12.6. The third kappa shape index (κ3) is 5.80. The Morgan fingerprint density at radius 2 is 1.73 bits per heavy atom. The molecule has 0 spiro atoms. The van der Waals surface area contributed by atoms with Crippen LogP contribution in [0.4, 0.5) is 5.69 Å². The lowest BCUT2D eigenvalue weighted by Gasteiger charge is -2.18. The molecule has 0 radical (unpaired) electrons. The van der Waals surface area contributed by atoms with Crippen molar-refractivity contribution in [3.05, 3.63) is 64.5 Å². The van der Waals surface area contributed by atoms with Gasteiger partial charge in [0.2, 0.25) is 10.0 Å². The van der Waals surface area contributed by atoms with Crippen LogP contribution in [0, 0.1) is 0 Å². The number of benzene rings is 2. The van der Waals surface area contributed by atoms with Crippen molar-refractivity contribution in [2.75, 3.05) is 25.0 Å². The number of nitrogens with zero attached hydrogens (tertiary/aromatic N) is 1. The second-order valence-electron chi connectivity index (χ2n) is 7.45. The van der Waals surface area contributed by atoms with Crippen LogP contribution < -0.4 is 15.7 Å². The van der Waals surface area contributed by atoms with Crippen LogP contribution in [-0.4, -0.2) is 38.3 Å². The molecule has 1 amide bonds. The Hall–Kier alpha value is -3.17. The second-order valence-corrected chi connectivity index (χ2v) is 9.39. The van der Waals surface area contributed by atoms with Crippen LogP contribution in [0.1, 0.15) is 32.8 Å². The van der Waals surface area contributed by atoms with Crippen LogP contribution >= 0.6 is 0 Å². The van der Waals surface area contributed by atoms with E-state index in [0.717, 1.165) is 23.8 Å². The van der Waals surface area contributed by atoms with Crippen LogP contribution in [0.5, 0.6) is 5.75 Å². The van der Waals surface area contributed by atoms with E-state index in [2.05, 4.69) is 5.32 Å². The average molecular weight is 473 g/mol. The predicted octanol–water partition coefficient (Wildman–Crippen LogP) is 3.79. The molecule has 1 aromatic heterocycles. The molecule has 0 saturated carbocycles. The normalized spacial score (nSPS) is 11.6. The highest BCUT2D eigenvalue weighted by Gasteiger charge is 2.21. The van der Waals surface area contributed by atoms with Crippen LogP contribution in [-0.2, 0) is 21.2 Å². The highest BCUT2D eigenvalue weighted by Crippen LogP contribution is 2.24. The molecule has 0 saturated heterocycles. The van der Waals surface area contributed by atoms with Crippen LogP contribution in [0.15, 0.2) is 62.6 Å². The number of fused-ring (bicyclic) bond motifs is 1. The first-order valence-corrected chi connectivity index (χ1v) is 12.3. The van der Waals surface area contributed by atoms with E-state index in [9.17, 15) is 18.0 Å². The van der Waals surface area contributed by atoms with Gasteiger partial charge in [0.15, 0.2) is 6.61 Å². The van der Waals surface area contributed by atoms with E-state index in [1.54, 1.807) is 26.0 Å². The van der Waals surface area contributed by atoms with Crippen molar-refractivity contribution in [1.29, 1.82) is 0 Å². The van der Waals surface area contributed by atoms with Crippen molar-refractivity contribution in [2.45, 2.75) is 38.5 Å². The number of ether oxygens (including phenoxy) is 1. The largest absolute Gasteiger partial charge is 0.484 e. The molecule has 0 fully saturated rings. The highest BCUT2D eigenvalue weighted by molar-refractivity contribution is 7.89. The number of carbonyl (C=O) groups excluding carboxylic acids is 1. The molecule has 8 nitrogen and oxygen atoms in total. The Morgan fingerprint density at radius 3 is 2.36 bits per heavy atom. The summed E-state index contributed by atoms with van der Waals surface area (Å²) in [7, 11) is -3.56. The molecule has 3 rings (SSSR count). The van der Waals surface area contributed by atoms with Gasteiger partial charge in [0, 0.05) is 36.3 Å². The Kier molecular flexibility index (Phi) is 7.88. The molecule has 0 bridgehead atoms. The third-order valence-corrected chi connectivity index (χ3v) is 7.24. The maximum Gasteiger partial charge on any atom is 0.336 e. The molecular formula is C24H28N2O6S. The van der Waals surface area contributed by atoms with Crippen LogP contribution in [0.3, 0.4) is 0 Å². The van der Waals surface area contributed by atoms with Gasteiger partial charge in [-0.1, -0.05) is 27.2 Å². The second kappa shape index (κ2) is 10.6. The summed E-state index contributed by atoms with van der Waals surface area (Å²) in [5, 5.41) is 3.52. The molecule has 0 atom stereocenters. The van der Waals surface area contributed by atoms with Gasteiger partial charge >= 0.3 is 5.63 Å². The fraction of sp³-hybridized carbons (Fsp3) is 0.333. The Morgan fingerprint density at radius 1 is 1.03 bits per heavy atom. The molecule has 0 aliphatic carbocycles. The van der Waals surface area contributed by atoms with E-state index in [-0.39, 0.29) is 11.5 Å². The van der Waals surface area contributed by atoms with Crippen molar-refractivity contribution in [2.24, 2.45) is 0 Å². The van der Waals surface area contributed by atoms with E-state index in [1.807, 2.05) is 13.0 Å². The number of rotatable bonds is 10. The SMILES string of the molecule is CCCc1cc(=O)oc2cc(OCC(=O)Nc3ccc(S(=O)(=O)N(CC)CC)cc3)ccc12. The molecule has 9 heteroatoms. The first kappa shape index (κ1) is 24.5. The van der Waals surface area contributed by atoms with Gasteiger partial charge in [-0.15, -0.1) is 0 Å². The molecule has 1 heterocycles. The Labute approximate surface area is 193 Å². The molecule has 176 valence electrons. The van der Waals surface area contributed by atoms with Gasteiger partial charge < -0.3 is 14.5 Å². The minimum atomic E-state index is -3.56. The first-order valence-electron chi connectivity index (χ1n) is 10.9. The summed E-state index contributed by atoms with van der Waals surface area (Å²) in [6, 6.07) is 12.6. The number of hydrogen-bond acceptors (Lipinski definition) is 6. The topological polar surface area (TPSA) is 106 Å². The predicted molar refractivity (Wildman–Crippen MR) is 127 cm³/mol. The lowest BCUT2D eigenvalue weighted by molar-refractivity contribution is -0.118. The molecule has 1 N–H and O–H groups in total. The van der Waals surface area contributed by atoms with Crippen molar-refractivity contribution in [3.8, 4) is 5.75 Å². The summed E-state index contributed by atoms with van der Waals surface area (Å²) in [6.45, 7) is 6.10. The summed E-state index contributed by atoms with van der Waals surface area (Å²) in [6.07, 6.45) is 1.67. The minimum Gasteiger partial charge on any atom is -0.484 e. The molecule has 3 aromatic rings. The van der Waals surface area contributed by atoms with Crippen LogP contribution in [0.2, 0.25) is 0 Å². The molecule has 0 unspecified atom stereocenters. The van der Waals surface area contributed by atoms with E-state index in [0.29, 0.717) is 30.1 Å². The van der Waals surface area contributed by atoms with Gasteiger partial charge in [0.05, 0.1) is 4.90 Å². The average Bonchev–Trinajstić information content (AvgIpc) is 2.78. The standard InChI is InChI=1S/C24H28N2O6S/c1-4-7-17-14-24(28)32-22-15-19(10-13-21(17)22)31-16-23(27)25-18-8-11-20(12-9-18)33(29,30)26(5-2)6-3/h8-15H,4-7,16H2,1-3H3,(H,25,27). The summed E-state index contributed by atoms with van der Waals surface area (Å²) < 4.78 is 37.3. The van der Waals surface area contributed by atoms with Crippen molar-refractivity contribution in [1.82, 2.24) is 4.31 Å². The fourth-order valence-electron chi connectivity index (χ4n) is 3.54. The first-order chi connectivity index (χ1) is 15.8. The third-order valence-electron chi connectivity index (χ3n) is 5.17. The van der Waals surface area contributed by atoms with Gasteiger partial charge in [0.25, 0.3) is 5.91 Å². The van der Waals surface area contributed by atoms with Gasteiger partial charge in [-0.05, 0) is 48.4 Å². The molecule has 0 aliphatic heterocycles. The highest BCUT2D eigenvalue weighted by atomic mass is 32.2. The number of carbonyl (C=O) groups is 1. The lowest BCUT2D eigenvalue weighted by atomic mass is 10.1. The van der Waals surface area contributed by atoms with Gasteiger partial charge in [0.1, 0.15) is 11.3 Å². The Bertz CT molecular complexity index is 1280. The number of amides is 1. The van der Waals surface area contributed by atoms with E-state index >= 15 is 0 Å². The lowest BCUT2D eigenvalue weighted by Crippen LogP contribution is -2.30. The quantitative estimate of drug-likeness (QED) is 0.450. The zero-order valence-electron chi connectivity index (χ0n) is 19.0. The molecular weight excluding hydrogens is 444 g/mol. The van der Waals surface area contributed by atoms with E-state index in [1.165, 1.54) is 34.6 Å². The summed E-state index contributed by atoms with van der Waals surface area (Å²) in [5.41, 5.74) is 1.36. The Balaban J connectivity index is 1.65.